The van der Waals surface area contributed by atoms with Crippen molar-refractivity contribution in [1.29, 1.82) is 0 Å². The first-order valence-electron chi connectivity index (χ1n) is 9.26. The van der Waals surface area contributed by atoms with E-state index in [1.807, 2.05) is 12.1 Å². The normalized spacial score (nSPS) is 10.6. The number of benzene rings is 2. The van der Waals surface area contributed by atoms with E-state index < -0.39 is 0 Å². The van der Waals surface area contributed by atoms with Gasteiger partial charge in [-0.1, -0.05) is 23.7 Å². The molecule has 2 aromatic rings. The predicted molar refractivity (Wildman–Crippen MR) is 132 cm³/mol. The number of guanidine groups is 1. The van der Waals surface area contributed by atoms with Gasteiger partial charge < -0.3 is 25.4 Å². The van der Waals surface area contributed by atoms with Crippen LogP contribution >= 0.6 is 35.6 Å². The number of rotatable bonds is 9. The van der Waals surface area contributed by atoms with E-state index in [0.29, 0.717) is 41.9 Å². The molecule has 0 atom stereocenters. The second-order valence-corrected chi connectivity index (χ2v) is 6.53. The molecule has 0 bridgehead atoms. The fourth-order valence-electron chi connectivity index (χ4n) is 2.62. The first-order valence-corrected chi connectivity index (χ1v) is 9.64. The molecule has 0 aliphatic heterocycles. The molecule has 0 aliphatic carbocycles. The molecule has 0 saturated carbocycles. The van der Waals surface area contributed by atoms with Crippen LogP contribution in [0.5, 0.6) is 11.5 Å². The van der Waals surface area contributed by atoms with Crippen molar-refractivity contribution in [3.05, 3.63) is 58.6 Å². The van der Waals surface area contributed by atoms with Gasteiger partial charge in [-0.05, 0) is 42.3 Å². The minimum Gasteiger partial charge on any atom is -0.497 e. The van der Waals surface area contributed by atoms with E-state index in [9.17, 15) is 4.79 Å². The molecule has 0 unspecified atom stereocenters. The zero-order valence-corrected chi connectivity index (χ0v) is 20.4. The van der Waals surface area contributed by atoms with Crippen LogP contribution in [0.3, 0.4) is 0 Å². The van der Waals surface area contributed by atoms with Gasteiger partial charge >= 0.3 is 0 Å². The minimum absolute atomic E-state index is 0. The SMILES string of the molecule is CN=C(NCCNC(=O)c1cccc(OC)c1)NCCc1ccc(OC)cc1Cl.I. The summed E-state index contributed by atoms with van der Waals surface area (Å²) in [5.74, 6) is 1.89. The van der Waals surface area contributed by atoms with Gasteiger partial charge in [0.05, 0.1) is 14.2 Å². The fraction of sp³-hybridized carbons (Fsp3) is 0.333. The van der Waals surface area contributed by atoms with Gasteiger partial charge in [-0.3, -0.25) is 9.79 Å². The molecule has 0 aliphatic rings. The van der Waals surface area contributed by atoms with E-state index in [4.69, 9.17) is 21.1 Å². The lowest BCUT2D eigenvalue weighted by Crippen LogP contribution is -2.42. The van der Waals surface area contributed by atoms with E-state index in [1.165, 1.54) is 0 Å². The topological polar surface area (TPSA) is 84.0 Å². The molecule has 0 saturated heterocycles. The number of carbonyl (C=O) groups is 1. The number of amides is 1. The van der Waals surface area contributed by atoms with Crippen LogP contribution in [0, 0.1) is 0 Å². The molecule has 1 amide bonds. The van der Waals surface area contributed by atoms with Gasteiger partial charge in [-0.25, -0.2) is 0 Å². The van der Waals surface area contributed by atoms with Crippen molar-refractivity contribution in [2.75, 3.05) is 40.9 Å². The maximum Gasteiger partial charge on any atom is 0.251 e. The summed E-state index contributed by atoms with van der Waals surface area (Å²) in [6.07, 6.45) is 0.746. The highest BCUT2D eigenvalue weighted by Gasteiger charge is 2.06. The number of methoxy groups -OCH3 is 2. The van der Waals surface area contributed by atoms with Gasteiger partial charge in [0.25, 0.3) is 5.91 Å². The van der Waals surface area contributed by atoms with Crippen molar-refractivity contribution in [2.24, 2.45) is 4.99 Å². The quantitative estimate of drug-likeness (QED) is 0.195. The summed E-state index contributed by atoms with van der Waals surface area (Å²) in [5, 5.41) is 9.93. The summed E-state index contributed by atoms with van der Waals surface area (Å²) >= 11 is 6.26. The van der Waals surface area contributed by atoms with Crippen molar-refractivity contribution in [3.8, 4) is 11.5 Å². The molecule has 0 radical (unpaired) electrons. The molecule has 0 heterocycles. The van der Waals surface area contributed by atoms with Gasteiger partial charge in [0.15, 0.2) is 5.96 Å². The van der Waals surface area contributed by atoms with E-state index in [0.717, 1.165) is 17.7 Å². The second-order valence-electron chi connectivity index (χ2n) is 6.12. The van der Waals surface area contributed by atoms with E-state index >= 15 is 0 Å². The molecule has 3 N–H and O–H groups in total. The molecule has 0 spiro atoms. The Balaban J connectivity index is 0.00000450. The summed E-state index contributed by atoms with van der Waals surface area (Å²) < 4.78 is 10.3. The van der Waals surface area contributed by atoms with Crippen molar-refractivity contribution in [3.63, 3.8) is 0 Å². The Labute approximate surface area is 199 Å². The summed E-state index contributed by atoms with van der Waals surface area (Å²) in [5.41, 5.74) is 1.59. The third kappa shape index (κ3) is 8.27. The van der Waals surface area contributed by atoms with Gasteiger partial charge in [0, 0.05) is 37.3 Å². The van der Waals surface area contributed by atoms with E-state index in [1.54, 1.807) is 51.6 Å². The summed E-state index contributed by atoms with van der Waals surface area (Å²) in [6.45, 7) is 1.67. The van der Waals surface area contributed by atoms with Crippen molar-refractivity contribution >= 4 is 47.4 Å². The number of nitrogens with zero attached hydrogens (tertiary/aromatic N) is 1. The molecule has 7 nitrogen and oxygen atoms in total. The van der Waals surface area contributed by atoms with Crippen LogP contribution in [0.15, 0.2) is 47.5 Å². The number of hydrogen-bond donors (Lipinski definition) is 3. The van der Waals surface area contributed by atoms with Gasteiger partial charge in [-0.15, -0.1) is 24.0 Å². The third-order valence-corrected chi connectivity index (χ3v) is 4.56. The van der Waals surface area contributed by atoms with Crippen LogP contribution in [-0.2, 0) is 6.42 Å². The van der Waals surface area contributed by atoms with E-state index in [-0.39, 0.29) is 29.9 Å². The Morgan fingerprint density at radius 2 is 1.63 bits per heavy atom. The Morgan fingerprint density at radius 1 is 0.967 bits per heavy atom. The lowest BCUT2D eigenvalue weighted by molar-refractivity contribution is 0.0954. The number of hydrogen-bond acceptors (Lipinski definition) is 4. The lowest BCUT2D eigenvalue weighted by atomic mass is 10.1. The highest BCUT2D eigenvalue weighted by atomic mass is 127. The second kappa shape index (κ2) is 13.9. The first-order chi connectivity index (χ1) is 14.1. The Morgan fingerprint density at radius 3 is 2.30 bits per heavy atom. The predicted octanol–water partition coefficient (Wildman–Crippen LogP) is 3.11. The molecule has 2 rings (SSSR count). The van der Waals surface area contributed by atoms with Gasteiger partial charge in [0.2, 0.25) is 0 Å². The van der Waals surface area contributed by atoms with E-state index in [2.05, 4.69) is 20.9 Å². The number of carbonyl (C=O) groups excluding carboxylic acids is 1. The standard InChI is InChI=1S/C21H27ClN4O3.HI/c1-23-21(25-10-9-15-7-8-18(29-3)14-19(15)22)26-12-11-24-20(27)16-5-4-6-17(13-16)28-2;/h4-8,13-14H,9-12H2,1-3H3,(H,24,27)(H2,23,25,26);1H. The zero-order chi connectivity index (χ0) is 21.1. The Bertz CT molecular complexity index is 849. The molecule has 30 heavy (non-hydrogen) atoms. The molecule has 2 aromatic carbocycles. The molecular weight excluding hydrogens is 519 g/mol. The lowest BCUT2D eigenvalue weighted by Gasteiger charge is -2.13. The van der Waals surface area contributed by atoms with Crippen LogP contribution in [-0.4, -0.2) is 52.8 Å². The minimum atomic E-state index is -0.150. The van der Waals surface area contributed by atoms with Crippen LogP contribution in [0.4, 0.5) is 0 Å². The van der Waals surface area contributed by atoms with Gasteiger partial charge in [-0.2, -0.15) is 0 Å². The fourth-order valence-corrected chi connectivity index (χ4v) is 2.88. The highest BCUT2D eigenvalue weighted by Crippen LogP contribution is 2.22. The maximum absolute atomic E-state index is 12.2. The molecule has 9 heteroatoms. The number of aliphatic imine (C=N–C) groups is 1. The smallest absolute Gasteiger partial charge is 0.251 e. The average molecular weight is 547 g/mol. The Kier molecular flexibility index (Phi) is 12.0. The average Bonchev–Trinajstić information content (AvgIpc) is 2.76. The third-order valence-electron chi connectivity index (χ3n) is 4.21. The van der Waals surface area contributed by atoms with Crippen LogP contribution in [0.2, 0.25) is 5.02 Å². The highest BCUT2D eigenvalue weighted by molar-refractivity contribution is 14.0. The molecule has 0 aromatic heterocycles. The summed E-state index contributed by atoms with van der Waals surface area (Å²) in [6, 6.07) is 12.7. The van der Waals surface area contributed by atoms with Crippen molar-refractivity contribution in [2.45, 2.75) is 6.42 Å². The van der Waals surface area contributed by atoms with Crippen LogP contribution < -0.4 is 25.4 Å². The Hall–Kier alpha value is -2.20. The number of halogens is 2. The van der Waals surface area contributed by atoms with Crippen molar-refractivity contribution < 1.29 is 14.3 Å². The van der Waals surface area contributed by atoms with Crippen molar-refractivity contribution in [1.82, 2.24) is 16.0 Å². The van der Waals surface area contributed by atoms with Crippen LogP contribution in [0.1, 0.15) is 15.9 Å². The van der Waals surface area contributed by atoms with Crippen LogP contribution in [0.25, 0.3) is 0 Å². The number of nitrogens with one attached hydrogen (secondary N) is 3. The first kappa shape index (κ1) is 25.8. The molecule has 0 fully saturated rings. The largest absolute Gasteiger partial charge is 0.497 e. The zero-order valence-electron chi connectivity index (χ0n) is 17.3. The molecule has 164 valence electrons. The maximum atomic E-state index is 12.2. The molecular formula is C21H28ClIN4O3. The summed E-state index contributed by atoms with van der Waals surface area (Å²) in [7, 11) is 4.88. The summed E-state index contributed by atoms with van der Waals surface area (Å²) in [4.78, 5) is 16.4. The monoisotopic (exact) mass is 546 g/mol. The number of ether oxygens (including phenoxy) is 2. The van der Waals surface area contributed by atoms with Gasteiger partial charge in [0.1, 0.15) is 11.5 Å².